The predicted molar refractivity (Wildman–Crippen MR) is 84.1 cm³/mol. The van der Waals surface area contributed by atoms with Crippen LogP contribution in [-0.2, 0) is 14.8 Å². The molecule has 1 amide bonds. The molecule has 1 aromatic carbocycles. The van der Waals surface area contributed by atoms with Crippen LogP contribution in [-0.4, -0.2) is 51.1 Å². The van der Waals surface area contributed by atoms with Crippen LogP contribution < -0.4 is 10.1 Å². The number of rotatable bonds is 6. The monoisotopic (exact) mass is 326 g/mol. The molecule has 0 unspecified atom stereocenters. The first kappa shape index (κ1) is 16.8. The number of carbonyl (C=O) groups is 1. The summed E-state index contributed by atoms with van der Waals surface area (Å²) in [4.78, 5) is 12.1. The molecule has 0 saturated carbocycles. The van der Waals surface area contributed by atoms with Crippen molar-refractivity contribution in [3.8, 4) is 5.75 Å². The number of hydrogen-bond acceptors (Lipinski definition) is 4. The molecular formula is C15H22N2O4S. The van der Waals surface area contributed by atoms with Crippen LogP contribution in [0.3, 0.4) is 0 Å². The number of nitrogens with zero attached hydrogens (tertiary/aromatic N) is 1. The van der Waals surface area contributed by atoms with Gasteiger partial charge in [0, 0.05) is 13.1 Å². The maximum Gasteiger partial charge on any atom is 0.224 e. The van der Waals surface area contributed by atoms with Crippen LogP contribution in [0.5, 0.6) is 5.75 Å². The fourth-order valence-electron chi connectivity index (χ4n) is 2.46. The van der Waals surface area contributed by atoms with Gasteiger partial charge >= 0.3 is 0 Å². The molecule has 122 valence electrons. The van der Waals surface area contributed by atoms with Crippen molar-refractivity contribution in [1.29, 1.82) is 0 Å². The molecule has 1 fully saturated rings. The molecule has 1 atom stereocenters. The number of nitrogens with one attached hydrogen (secondary N) is 1. The molecule has 1 aromatic rings. The van der Waals surface area contributed by atoms with E-state index in [0.29, 0.717) is 26.1 Å². The number of piperidine rings is 1. The molecule has 0 aromatic heterocycles. The fraction of sp³-hybridized carbons (Fsp3) is 0.533. The van der Waals surface area contributed by atoms with Gasteiger partial charge in [0.2, 0.25) is 15.9 Å². The highest BCUT2D eigenvalue weighted by atomic mass is 32.2. The number of amides is 1. The Morgan fingerprint density at radius 1 is 1.36 bits per heavy atom. The summed E-state index contributed by atoms with van der Waals surface area (Å²) < 4.78 is 30.0. The quantitative estimate of drug-likeness (QED) is 0.787. The van der Waals surface area contributed by atoms with Gasteiger partial charge in [-0.05, 0) is 25.0 Å². The standard InChI is InChI=1S/C15H22N2O4S/c1-22(19,20)17-10-5-6-13(12-17)15(18)16-9-11-21-14-7-3-2-4-8-14/h2-4,7-8,13H,5-6,9-12H2,1H3,(H,16,18)/t13-/m1/s1. The van der Waals surface area contributed by atoms with Gasteiger partial charge in [-0.2, -0.15) is 0 Å². The van der Waals surface area contributed by atoms with Crippen molar-refractivity contribution in [2.45, 2.75) is 12.8 Å². The van der Waals surface area contributed by atoms with E-state index in [-0.39, 0.29) is 18.4 Å². The first-order valence-corrected chi connectivity index (χ1v) is 9.22. The number of carbonyl (C=O) groups excluding carboxylic acids is 1. The zero-order valence-corrected chi connectivity index (χ0v) is 13.5. The number of hydrogen-bond donors (Lipinski definition) is 1. The molecule has 2 rings (SSSR count). The minimum Gasteiger partial charge on any atom is -0.492 e. The summed E-state index contributed by atoms with van der Waals surface area (Å²) in [6.45, 7) is 1.56. The molecule has 1 aliphatic heterocycles. The minimum absolute atomic E-state index is 0.106. The van der Waals surface area contributed by atoms with Crippen molar-refractivity contribution in [2.24, 2.45) is 5.92 Å². The van der Waals surface area contributed by atoms with E-state index < -0.39 is 10.0 Å². The second kappa shape index (κ2) is 7.60. The van der Waals surface area contributed by atoms with Gasteiger partial charge in [0.1, 0.15) is 12.4 Å². The summed E-state index contributed by atoms with van der Waals surface area (Å²) in [5, 5.41) is 2.81. The minimum atomic E-state index is -3.22. The molecule has 1 N–H and O–H groups in total. The summed E-state index contributed by atoms with van der Waals surface area (Å²) in [5.74, 6) is 0.378. The van der Waals surface area contributed by atoms with Gasteiger partial charge in [-0.25, -0.2) is 12.7 Å². The molecule has 6 nitrogen and oxygen atoms in total. The number of ether oxygens (including phenoxy) is 1. The van der Waals surface area contributed by atoms with Crippen molar-refractivity contribution in [3.05, 3.63) is 30.3 Å². The van der Waals surface area contributed by atoms with E-state index in [9.17, 15) is 13.2 Å². The lowest BCUT2D eigenvalue weighted by molar-refractivity contribution is -0.126. The van der Waals surface area contributed by atoms with Crippen LogP contribution in [0.25, 0.3) is 0 Å². The lowest BCUT2D eigenvalue weighted by Gasteiger charge is -2.30. The zero-order valence-electron chi connectivity index (χ0n) is 12.7. The van der Waals surface area contributed by atoms with Gasteiger partial charge in [-0.15, -0.1) is 0 Å². The molecule has 1 aliphatic rings. The zero-order chi connectivity index (χ0) is 16.0. The lowest BCUT2D eigenvalue weighted by Crippen LogP contribution is -2.45. The Morgan fingerprint density at radius 3 is 2.77 bits per heavy atom. The van der Waals surface area contributed by atoms with Crippen LogP contribution in [0, 0.1) is 5.92 Å². The van der Waals surface area contributed by atoms with Crippen LogP contribution in [0.1, 0.15) is 12.8 Å². The van der Waals surface area contributed by atoms with E-state index in [2.05, 4.69) is 5.32 Å². The van der Waals surface area contributed by atoms with Gasteiger partial charge in [0.05, 0.1) is 18.7 Å². The average molecular weight is 326 g/mol. The predicted octanol–water partition coefficient (Wildman–Crippen LogP) is 0.853. The van der Waals surface area contributed by atoms with E-state index in [1.54, 1.807) is 0 Å². The smallest absolute Gasteiger partial charge is 0.224 e. The molecule has 7 heteroatoms. The van der Waals surface area contributed by atoms with E-state index in [1.165, 1.54) is 10.6 Å². The van der Waals surface area contributed by atoms with Crippen molar-refractivity contribution in [2.75, 3.05) is 32.5 Å². The number of sulfonamides is 1. The lowest BCUT2D eigenvalue weighted by atomic mass is 9.99. The Balaban J connectivity index is 1.73. The molecule has 22 heavy (non-hydrogen) atoms. The Kier molecular flexibility index (Phi) is 5.79. The van der Waals surface area contributed by atoms with Crippen LogP contribution in [0.4, 0.5) is 0 Å². The van der Waals surface area contributed by atoms with Gasteiger partial charge in [-0.3, -0.25) is 4.79 Å². The third kappa shape index (κ3) is 4.99. The third-order valence-electron chi connectivity index (χ3n) is 3.64. The summed E-state index contributed by atoms with van der Waals surface area (Å²) in [7, 11) is -3.22. The normalized spacial score (nSPS) is 19.6. The maximum absolute atomic E-state index is 12.1. The van der Waals surface area contributed by atoms with E-state index in [1.807, 2.05) is 30.3 Å². The highest BCUT2D eigenvalue weighted by Gasteiger charge is 2.29. The van der Waals surface area contributed by atoms with Crippen molar-refractivity contribution >= 4 is 15.9 Å². The van der Waals surface area contributed by atoms with E-state index >= 15 is 0 Å². The molecule has 1 heterocycles. The summed E-state index contributed by atoms with van der Waals surface area (Å²) in [6, 6.07) is 9.39. The van der Waals surface area contributed by atoms with Crippen LogP contribution in [0.2, 0.25) is 0 Å². The van der Waals surface area contributed by atoms with Crippen molar-refractivity contribution in [1.82, 2.24) is 9.62 Å². The summed E-state index contributed by atoms with van der Waals surface area (Å²) in [5.41, 5.74) is 0. The van der Waals surface area contributed by atoms with Crippen LogP contribution >= 0.6 is 0 Å². The molecule has 0 aliphatic carbocycles. The van der Waals surface area contributed by atoms with Gasteiger partial charge in [0.15, 0.2) is 0 Å². The Hall–Kier alpha value is -1.60. The van der Waals surface area contributed by atoms with Gasteiger partial charge in [0.25, 0.3) is 0 Å². The van der Waals surface area contributed by atoms with Crippen LogP contribution in [0.15, 0.2) is 30.3 Å². The maximum atomic E-state index is 12.1. The first-order valence-electron chi connectivity index (χ1n) is 7.37. The Labute approximate surface area is 131 Å². The second-order valence-corrected chi connectivity index (χ2v) is 7.40. The first-order chi connectivity index (χ1) is 10.5. The summed E-state index contributed by atoms with van der Waals surface area (Å²) in [6.07, 6.45) is 2.62. The number of para-hydroxylation sites is 1. The van der Waals surface area contributed by atoms with Gasteiger partial charge in [-0.1, -0.05) is 18.2 Å². The fourth-order valence-corrected chi connectivity index (χ4v) is 3.37. The SMILES string of the molecule is CS(=O)(=O)N1CCC[C@@H](C(=O)NCCOc2ccccc2)C1. The van der Waals surface area contributed by atoms with Crippen molar-refractivity contribution < 1.29 is 17.9 Å². The topological polar surface area (TPSA) is 75.7 Å². The van der Waals surface area contributed by atoms with Crippen molar-refractivity contribution in [3.63, 3.8) is 0 Å². The molecule has 0 spiro atoms. The average Bonchev–Trinajstić information content (AvgIpc) is 2.52. The largest absolute Gasteiger partial charge is 0.492 e. The molecule has 0 bridgehead atoms. The number of benzene rings is 1. The summed E-state index contributed by atoms with van der Waals surface area (Å²) >= 11 is 0. The highest BCUT2D eigenvalue weighted by Crippen LogP contribution is 2.18. The van der Waals surface area contributed by atoms with E-state index in [4.69, 9.17) is 4.74 Å². The highest BCUT2D eigenvalue weighted by molar-refractivity contribution is 7.88. The Morgan fingerprint density at radius 2 is 2.09 bits per heavy atom. The molecule has 0 radical (unpaired) electrons. The van der Waals surface area contributed by atoms with E-state index in [0.717, 1.165) is 12.2 Å². The molecule has 1 saturated heterocycles. The Bertz CT molecular complexity index is 589. The third-order valence-corrected chi connectivity index (χ3v) is 4.91. The molecular weight excluding hydrogens is 304 g/mol. The second-order valence-electron chi connectivity index (χ2n) is 5.41. The van der Waals surface area contributed by atoms with Gasteiger partial charge < -0.3 is 10.1 Å².